The van der Waals surface area contributed by atoms with Gasteiger partial charge in [-0.15, -0.1) is 0 Å². The van der Waals surface area contributed by atoms with Gasteiger partial charge in [-0.3, -0.25) is 9.59 Å². The Kier molecular flexibility index (Phi) is 3.80. The molecule has 0 radical (unpaired) electrons. The van der Waals surface area contributed by atoms with E-state index in [9.17, 15) is 9.59 Å². The second-order valence-electron chi connectivity index (χ2n) is 4.35. The van der Waals surface area contributed by atoms with Crippen LogP contribution in [0, 0.1) is 6.92 Å². The van der Waals surface area contributed by atoms with Crippen LogP contribution < -0.4 is 10.9 Å². The highest BCUT2D eigenvalue weighted by Gasteiger charge is 2.12. The number of carbonyl (C=O) groups is 1. The first-order chi connectivity index (χ1) is 9.11. The predicted octanol–water partition coefficient (Wildman–Crippen LogP) is 2.50. The minimum atomic E-state index is -0.391. The predicted molar refractivity (Wildman–Crippen MR) is 75.6 cm³/mol. The van der Waals surface area contributed by atoms with Gasteiger partial charge in [0.05, 0.1) is 0 Å². The third-order valence-electron chi connectivity index (χ3n) is 2.98. The summed E-state index contributed by atoms with van der Waals surface area (Å²) in [6.07, 6.45) is 0.738. The molecule has 0 spiro atoms. The minimum absolute atomic E-state index is 0.138. The first kappa shape index (κ1) is 13.1. The fourth-order valence-electron chi connectivity index (χ4n) is 1.93. The molecule has 2 aromatic rings. The summed E-state index contributed by atoms with van der Waals surface area (Å²) in [6, 6.07) is 10.7. The molecule has 2 rings (SSSR count). The lowest BCUT2D eigenvalue weighted by Gasteiger charge is -2.07. The van der Waals surface area contributed by atoms with Crippen molar-refractivity contribution in [3.05, 3.63) is 63.6 Å². The Balaban J connectivity index is 2.30. The maximum atomic E-state index is 12.1. The summed E-state index contributed by atoms with van der Waals surface area (Å²) in [5.74, 6) is -0.391. The number of benzene rings is 1. The highest BCUT2D eigenvalue weighted by Crippen LogP contribution is 2.09. The van der Waals surface area contributed by atoms with Gasteiger partial charge in [-0.2, -0.15) is 0 Å². The smallest absolute Gasteiger partial charge is 0.261 e. The molecule has 1 amide bonds. The molecule has 1 heterocycles. The third kappa shape index (κ3) is 2.91. The van der Waals surface area contributed by atoms with Crippen LogP contribution in [-0.4, -0.2) is 10.9 Å². The second-order valence-corrected chi connectivity index (χ2v) is 4.35. The van der Waals surface area contributed by atoms with Crippen LogP contribution in [0.5, 0.6) is 0 Å². The Morgan fingerprint density at radius 1 is 1.26 bits per heavy atom. The van der Waals surface area contributed by atoms with Crippen LogP contribution in [0.1, 0.15) is 28.5 Å². The number of rotatable bonds is 3. The molecule has 0 atom stereocenters. The van der Waals surface area contributed by atoms with Crippen molar-refractivity contribution in [2.45, 2.75) is 20.3 Å². The van der Waals surface area contributed by atoms with Crippen molar-refractivity contribution < 1.29 is 4.79 Å². The molecule has 4 heteroatoms. The van der Waals surface area contributed by atoms with Gasteiger partial charge in [0.15, 0.2) is 0 Å². The highest BCUT2D eigenvalue weighted by molar-refractivity contribution is 6.04. The van der Waals surface area contributed by atoms with Crippen LogP contribution in [0.25, 0.3) is 0 Å². The number of aryl methyl sites for hydroxylation is 2. The topological polar surface area (TPSA) is 62.0 Å². The van der Waals surface area contributed by atoms with Crippen molar-refractivity contribution in [3.8, 4) is 0 Å². The summed E-state index contributed by atoms with van der Waals surface area (Å²) in [4.78, 5) is 26.7. The number of carbonyl (C=O) groups excluding carboxylic acids is 1. The number of hydrogen-bond acceptors (Lipinski definition) is 2. The van der Waals surface area contributed by atoms with Gasteiger partial charge in [0, 0.05) is 11.4 Å². The number of anilines is 1. The van der Waals surface area contributed by atoms with E-state index in [4.69, 9.17) is 0 Å². The monoisotopic (exact) mass is 256 g/mol. The van der Waals surface area contributed by atoms with Crippen LogP contribution in [0.15, 0.2) is 41.2 Å². The van der Waals surface area contributed by atoms with E-state index >= 15 is 0 Å². The lowest BCUT2D eigenvalue weighted by Crippen LogP contribution is -2.24. The van der Waals surface area contributed by atoms with Crippen LogP contribution >= 0.6 is 0 Å². The summed E-state index contributed by atoms with van der Waals surface area (Å²) in [5, 5.41) is 2.70. The first-order valence-electron chi connectivity index (χ1n) is 6.21. The first-order valence-corrected chi connectivity index (χ1v) is 6.21. The number of amides is 1. The Hall–Kier alpha value is -2.36. The Morgan fingerprint density at radius 3 is 2.58 bits per heavy atom. The summed E-state index contributed by atoms with van der Waals surface area (Å²) >= 11 is 0. The molecule has 0 aliphatic heterocycles. The molecule has 98 valence electrons. The largest absolute Gasteiger partial charge is 0.325 e. The molecule has 1 aromatic heterocycles. The van der Waals surface area contributed by atoms with Crippen LogP contribution in [0.3, 0.4) is 0 Å². The minimum Gasteiger partial charge on any atom is -0.325 e. The molecule has 0 unspecified atom stereocenters. The van der Waals surface area contributed by atoms with Gasteiger partial charge in [-0.1, -0.05) is 25.1 Å². The van der Waals surface area contributed by atoms with E-state index in [1.165, 1.54) is 0 Å². The van der Waals surface area contributed by atoms with Crippen molar-refractivity contribution >= 4 is 11.6 Å². The van der Waals surface area contributed by atoms with Crippen LogP contribution in [0.4, 0.5) is 5.69 Å². The maximum absolute atomic E-state index is 12.1. The molecule has 0 saturated carbocycles. The summed E-state index contributed by atoms with van der Waals surface area (Å²) in [6.45, 7) is 3.84. The quantitative estimate of drug-likeness (QED) is 0.886. The number of hydrogen-bond donors (Lipinski definition) is 2. The highest BCUT2D eigenvalue weighted by atomic mass is 16.2. The Morgan fingerprint density at radius 2 is 1.95 bits per heavy atom. The second kappa shape index (κ2) is 5.52. The van der Waals surface area contributed by atoms with Gasteiger partial charge in [0.1, 0.15) is 5.56 Å². The molecule has 0 aliphatic carbocycles. The number of aromatic nitrogens is 1. The van der Waals surface area contributed by atoms with Crippen molar-refractivity contribution in [1.29, 1.82) is 0 Å². The molecule has 0 fully saturated rings. The zero-order chi connectivity index (χ0) is 13.8. The summed E-state index contributed by atoms with van der Waals surface area (Å²) < 4.78 is 0. The van der Waals surface area contributed by atoms with Gasteiger partial charge in [0.25, 0.3) is 11.5 Å². The zero-order valence-corrected chi connectivity index (χ0v) is 11.0. The number of nitrogens with one attached hydrogen (secondary N) is 2. The Labute approximate surface area is 111 Å². The summed E-state index contributed by atoms with van der Waals surface area (Å²) in [7, 11) is 0. The van der Waals surface area contributed by atoms with Gasteiger partial charge in [0.2, 0.25) is 0 Å². The molecule has 0 aliphatic rings. The third-order valence-corrected chi connectivity index (χ3v) is 2.98. The van der Waals surface area contributed by atoms with Crippen LogP contribution in [-0.2, 0) is 6.42 Å². The average Bonchev–Trinajstić information content (AvgIpc) is 2.42. The maximum Gasteiger partial charge on any atom is 0.261 e. The number of aromatic amines is 1. The van der Waals surface area contributed by atoms with Crippen molar-refractivity contribution in [2.24, 2.45) is 0 Å². The standard InChI is InChI=1S/C15H16N2O2/c1-3-13-10(2)9-12(15(19)17-13)14(18)16-11-7-5-4-6-8-11/h4-9H,3H2,1-2H3,(H,16,18)(H,17,19). The van der Waals surface area contributed by atoms with Gasteiger partial charge in [-0.25, -0.2) is 0 Å². The molecular formula is C15H16N2O2. The molecule has 19 heavy (non-hydrogen) atoms. The molecular weight excluding hydrogens is 240 g/mol. The number of para-hydroxylation sites is 1. The van der Waals surface area contributed by atoms with E-state index in [0.29, 0.717) is 5.69 Å². The molecule has 0 saturated heterocycles. The lowest BCUT2D eigenvalue weighted by molar-refractivity contribution is 0.102. The van der Waals surface area contributed by atoms with Gasteiger partial charge in [-0.05, 0) is 37.1 Å². The van der Waals surface area contributed by atoms with Gasteiger partial charge >= 0.3 is 0 Å². The van der Waals surface area contributed by atoms with E-state index in [2.05, 4.69) is 10.3 Å². The fourth-order valence-corrected chi connectivity index (χ4v) is 1.93. The van der Waals surface area contributed by atoms with E-state index in [1.807, 2.05) is 32.0 Å². The van der Waals surface area contributed by atoms with Crippen molar-refractivity contribution in [2.75, 3.05) is 5.32 Å². The normalized spacial score (nSPS) is 10.2. The van der Waals surface area contributed by atoms with E-state index in [1.54, 1.807) is 18.2 Å². The molecule has 0 bridgehead atoms. The summed E-state index contributed by atoms with van der Waals surface area (Å²) in [5.41, 5.74) is 2.24. The van der Waals surface area contributed by atoms with E-state index in [-0.39, 0.29) is 11.1 Å². The SMILES string of the molecule is CCc1[nH]c(=O)c(C(=O)Nc2ccccc2)cc1C. The average molecular weight is 256 g/mol. The van der Waals surface area contributed by atoms with E-state index < -0.39 is 5.91 Å². The fraction of sp³-hybridized carbons (Fsp3) is 0.200. The molecule has 1 aromatic carbocycles. The lowest BCUT2D eigenvalue weighted by atomic mass is 10.1. The van der Waals surface area contributed by atoms with Crippen LogP contribution in [0.2, 0.25) is 0 Å². The van der Waals surface area contributed by atoms with Crippen molar-refractivity contribution in [1.82, 2.24) is 4.98 Å². The van der Waals surface area contributed by atoms with Crippen molar-refractivity contribution in [3.63, 3.8) is 0 Å². The zero-order valence-electron chi connectivity index (χ0n) is 11.0. The number of H-pyrrole nitrogens is 1. The molecule has 4 nitrogen and oxygen atoms in total. The number of pyridine rings is 1. The Bertz CT molecular complexity index is 645. The molecule has 2 N–H and O–H groups in total. The van der Waals surface area contributed by atoms with Gasteiger partial charge < -0.3 is 10.3 Å². The van der Waals surface area contributed by atoms with E-state index in [0.717, 1.165) is 17.7 Å².